The smallest absolute Gasteiger partial charge is 0.375 e. The molecule has 3 rings (SSSR count). The van der Waals surface area contributed by atoms with Gasteiger partial charge in [-0.3, -0.25) is 0 Å². The van der Waals surface area contributed by atoms with Gasteiger partial charge < -0.3 is 14.6 Å². The molecule has 0 amide bonds. The van der Waals surface area contributed by atoms with E-state index in [1.807, 2.05) is 0 Å². The number of imidazole rings is 1. The maximum atomic E-state index is 13.3. The first kappa shape index (κ1) is 22.7. The normalized spacial score (nSPS) is 20.7. The standard InChI is InChI=1S/C18H22F4N4O3S/c1-25-10-17(24-12-25)30(27,28)26-8-15(13-2-4-14(19)5-3-13)16(9-26)29-7-6-23-11-18(20,21)22/h2-5,10,12,15-16,23H,6-9,11H2,1H3/t15-,16+/m1/s1. The number of alkyl halides is 3. The van der Waals surface area contributed by atoms with E-state index in [-0.39, 0.29) is 31.3 Å². The van der Waals surface area contributed by atoms with Gasteiger partial charge in [0.2, 0.25) is 0 Å². The van der Waals surface area contributed by atoms with Crippen LogP contribution in [0.4, 0.5) is 17.6 Å². The fraction of sp³-hybridized carbons (Fsp3) is 0.500. The summed E-state index contributed by atoms with van der Waals surface area (Å²) in [4.78, 5) is 3.90. The number of sulfonamides is 1. The molecular weight excluding hydrogens is 428 g/mol. The number of aryl methyl sites for hydroxylation is 1. The molecule has 2 atom stereocenters. The summed E-state index contributed by atoms with van der Waals surface area (Å²) < 4.78 is 84.3. The Kier molecular flexibility index (Phi) is 6.80. The van der Waals surface area contributed by atoms with E-state index in [2.05, 4.69) is 10.3 Å². The summed E-state index contributed by atoms with van der Waals surface area (Å²) in [5.74, 6) is -0.824. The van der Waals surface area contributed by atoms with Crippen LogP contribution in [-0.4, -0.2) is 67.3 Å². The third-order valence-corrected chi connectivity index (χ3v) is 6.47. The highest BCUT2D eigenvalue weighted by Gasteiger charge is 2.41. The molecule has 1 aliphatic rings. The number of nitrogens with zero attached hydrogens (tertiary/aromatic N) is 3. The van der Waals surface area contributed by atoms with Gasteiger partial charge in [0.25, 0.3) is 10.0 Å². The molecule has 30 heavy (non-hydrogen) atoms. The van der Waals surface area contributed by atoms with Gasteiger partial charge in [-0.05, 0) is 17.7 Å². The van der Waals surface area contributed by atoms with Crippen molar-refractivity contribution in [3.8, 4) is 0 Å². The second-order valence-corrected chi connectivity index (χ2v) is 8.94. The Morgan fingerprint density at radius 3 is 2.53 bits per heavy atom. The SMILES string of the molecule is Cn1cnc(S(=O)(=O)N2C[C@H](OCCNCC(F)(F)F)[C@@H](c3ccc(F)cc3)C2)c1. The van der Waals surface area contributed by atoms with Gasteiger partial charge in [0.1, 0.15) is 5.82 Å². The van der Waals surface area contributed by atoms with Crippen molar-refractivity contribution < 1.29 is 30.7 Å². The van der Waals surface area contributed by atoms with E-state index in [0.717, 1.165) is 0 Å². The zero-order valence-corrected chi connectivity index (χ0v) is 17.0. The third-order valence-electron chi connectivity index (χ3n) is 4.75. The van der Waals surface area contributed by atoms with Crippen LogP contribution in [0.3, 0.4) is 0 Å². The van der Waals surface area contributed by atoms with Crippen molar-refractivity contribution in [1.82, 2.24) is 19.2 Å². The first-order chi connectivity index (χ1) is 14.1. The molecule has 1 aromatic carbocycles. The number of ether oxygens (including phenoxy) is 1. The Morgan fingerprint density at radius 2 is 1.93 bits per heavy atom. The third kappa shape index (κ3) is 5.56. The van der Waals surface area contributed by atoms with Crippen LogP contribution in [0.5, 0.6) is 0 Å². The minimum atomic E-state index is -4.32. The van der Waals surface area contributed by atoms with Crippen LogP contribution in [0, 0.1) is 5.82 Å². The number of rotatable bonds is 8. The highest BCUT2D eigenvalue weighted by Crippen LogP contribution is 2.33. The van der Waals surface area contributed by atoms with Gasteiger partial charge >= 0.3 is 6.18 Å². The van der Waals surface area contributed by atoms with Crippen molar-refractivity contribution in [1.29, 1.82) is 0 Å². The number of hydrogen-bond acceptors (Lipinski definition) is 5. The van der Waals surface area contributed by atoms with E-state index in [1.54, 1.807) is 19.2 Å². The minimum Gasteiger partial charge on any atom is -0.375 e. The maximum absolute atomic E-state index is 13.3. The Bertz CT molecular complexity index is 947. The zero-order chi connectivity index (χ0) is 21.9. The van der Waals surface area contributed by atoms with Crippen LogP contribution in [0.15, 0.2) is 41.8 Å². The second kappa shape index (κ2) is 9.00. The van der Waals surface area contributed by atoms with Crippen molar-refractivity contribution in [2.45, 2.75) is 23.2 Å². The van der Waals surface area contributed by atoms with Gasteiger partial charge in [-0.1, -0.05) is 12.1 Å². The number of halogens is 4. The Hall–Kier alpha value is -2.02. The molecule has 166 valence electrons. The summed E-state index contributed by atoms with van der Waals surface area (Å²) in [5.41, 5.74) is 0.684. The molecule has 0 radical (unpaired) electrons. The molecule has 0 spiro atoms. The molecule has 0 saturated carbocycles. The summed E-state index contributed by atoms with van der Waals surface area (Å²) in [6.07, 6.45) is -2.16. The van der Waals surface area contributed by atoms with Gasteiger partial charge in [-0.15, -0.1) is 0 Å². The number of hydrogen-bond donors (Lipinski definition) is 1. The van der Waals surface area contributed by atoms with Crippen molar-refractivity contribution in [3.63, 3.8) is 0 Å². The van der Waals surface area contributed by atoms with E-state index in [0.29, 0.717) is 5.56 Å². The predicted molar refractivity (Wildman–Crippen MR) is 99.8 cm³/mol. The van der Waals surface area contributed by atoms with Gasteiger partial charge in [0.05, 0.1) is 25.6 Å². The van der Waals surface area contributed by atoms with Crippen LogP contribution in [0.25, 0.3) is 0 Å². The van der Waals surface area contributed by atoms with E-state index < -0.39 is 40.6 Å². The molecule has 0 unspecified atom stereocenters. The van der Waals surface area contributed by atoms with E-state index in [9.17, 15) is 26.0 Å². The molecule has 1 fully saturated rings. The van der Waals surface area contributed by atoms with E-state index >= 15 is 0 Å². The molecule has 2 aromatic rings. The molecule has 1 saturated heterocycles. The lowest BCUT2D eigenvalue weighted by Crippen LogP contribution is -2.33. The largest absolute Gasteiger partial charge is 0.401 e. The molecule has 0 bridgehead atoms. The second-order valence-electron chi connectivity index (χ2n) is 7.06. The highest BCUT2D eigenvalue weighted by molar-refractivity contribution is 7.89. The molecule has 1 aliphatic heterocycles. The lowest BCUT2D eigenvalue weighted by Gasteiger charge is -2.19. The van der Waals surface area contributed by atoms with Crippen molar-refractivity contribution in [2.75, 3.05) is 32.8 Å². The van der Waals surface area contributed by atoms with Crippen LogP contribution in [0.1, 0.15) is 11.5 Å². The Labute approximate surface area is 171 Å². The van der Waals surface area contributed by atoms with Gasteiger partial charge in [-0.2, -0.15) is 17.5 Å². The van der Waals surface area contributed by atoms with Crippen LogP contribution < -0.4 is 5.32 Å². The lowest BCUT2D eigenvalue weighted by molar-refractivity contribution is -0.125. The van der Waals surface area contributed by atoms with Crippen LogP contribution in [0.2, 0.25) is 0 Å². The van der Waals surface area contributed by atoms with Crippen LogP contribution >= 0.6 is 0 Å². The first-order valence-electron chi connectivity index (χ1n) is 9.19. The molecule has 2 heterocycles. The Balaban J connectivity index is 1.72. The molecule has 12 heteroatoms. The Morgan fingerprint density at radius 1 is 1.23 bits per heavy atom. The molecule has 1 aromatic heterocycles. The summed E-state index contributed by atoms with van der Waals surface area (Å²) in [7, 11) is -2.22. The predicted octanol–water partition coefficient (Wildman–Crippen LogP) is 1.88. The minimum absolute atomic E-state index is 0.0141. The average molecular weight is 450 g/mol. The first-order valence-corrected chi connectivity index (χ1v) is 10.6. The summed E-state index contributed by atoms with van der Waals surface area (Å²) in [5, 5.41) is 2.14. The van der Waals surface area contributed by atoms with Gasteiger partial charge in [0.15, 0.2) is 5.03 Å². The van der Waals surface area contributed by atoms with E-state index in [4.69, 9.17) is 4.74 Å². The monoisotopic (exact) mass is 450 g/mol. The summed E-state index contributed by atoms with van der Waals surface area (Å²) in [6.45, 7) is -1.11. The van der Waals surface area contributed by atoms with Crippen molar-refractivity contribution in [2.24, 2.45) is 7.05 Å². The number of aromatic nitrogens is 2. The quantitative estimate of drug-likeness (QED) is 0.491. The summed E-state index contributed by atoms with van der Waals surface area (Å²) >= 11 is 0. The topological polar surface area (TPSA) is 76.5 Å². The molecule has 1 N–H and O–H groups in total. The average Bonchev–Trinajstić information content (AvgIpc) is 3.28. The van der Waals surface area contributed by atoms with Crippen molar-refractivity contribution >= 4 is 10.0 Å². The zero-order valence-electron chi connectivity index (χ0n) is 16.1. The lowest BCUT2D eigenvalue weighted by atomic mass is 9.96. The van der Waals surface area contributed by atoms with E-state index in [1.165, 1.54) is 33.5 Å². The van der Waals surface area contributed by atoms with Crippen molar-refractivity contribution in [3.05, 3.63) is 48.2 Å². The summed E-state index contributed by atoms with van der Waals surface area (Å²) in [6, 6.07) is 5.64. The maximum Gasteiger partial charge on any atom is 0.401 e. The number of nitrogens with one attached hydrogen (secondary N) is 1. The highest BCUT2D eigenvalue weighted by atomic mass is 32.2. The number of benzene rings is 1. The molecule has 7 nitrogen and oxygen atoms in total. The van der Waals surface area contributed by atoms with Crippen LogP contribution in [-0.2, 0) is 21.8 Å². The fourth-order valence-electron chi connectivity index (χ4n) is 3.30. The van der Waals surface area contributed by atoms with Gasteiger partial charge in [-0.25, -0.2) is 17.8 Å². The van der Waals surface area contributed by atoms with Gasteiger partial charge in [0, 0.05) is 38.8 Å². The molecular formula is C18H22F4N4O3S. The molecule has 0 aliphatic carbocycles. The fourth-order valence-corrected chi connectivity index (χ4v) is 4.75.